The summed E-state index contributed by atoms with van der Waals surface area (Å²) in [5.41, 5.74) is 3.61. The monoisotopic (exact) mass is 282 g/mol. The van der Waals surface area contributed by atoms with Crippen molar-refractivity contribution >= 4 is 9.84 Å². The van der Waals surface area contributed by atoms with E-state index in [0.29, 0.717) is 6.42 Å². The zero-order valence-electron chi connectivity index (χ0n) is 12.7. The molecule has 1 aliphatic heterocycles. The van der Waals surface area contributed by atoms with Crippen LogP contribution in [0, 0.1) is 0 Å². The largest absolute Gasteiger partial charge is 0.228 e. The molecule has 0 aliphatic carbocycles. The Hall–Kier alpha value is -0.830. The second kappa shape index (κ2) is 6.56. The predicted octanol–water partition coefficient (Wildman–Crippen LogP) is 4.20. The highest BCUT2D eigenvalue weighted by atomic mass is 32.2. The molecule has 0 fully saturated rings. The molecule has 0 aromatic carbocycles. The van der Waals surface area contributed by atoms with Gasteiger partial charge >= 0.3 is 0 Å². The van der Waals surface area contributed by atoms with Crippen LogP contribution in [0.15, 0.2) is 34.9 Å². The van der Waals surface area contributed by atoms with Gasteiger partial charge in [0.2, 0.25) is 0 Å². The van der Waals surface area contributed by atoms with Crippen molar-refractivity contribution in [3.8, 4) is 0 Å². The minimum absolute atomic E-state index is 0.305. The van der Waals surface area contributed by atoms with Crippen LogP contribution in [0.25, 0.3) is 0 Å². The summed E-state index contributed by atoms with van der Waals surface area (Å²) < 4.78 is 24.3. The number of hydrogen-bond donors (Lipinski definition) is 0. The van der Waals surface area contributed by atoms with Gasteiger partial charge in [-0.3, -0.25) is 0 Å². The van der Waals surface area contributed by atoms with Gasteiger partial charge in [-0.1, -0.05) is 34.9 Å². The van der Waals surface area contributed by atoms with E-state index in [1.807, 2.05) is 13.0 Å². The third kappa shape index (κ3) is 4.34. The van der Waals surface area contributed by atoms with Crippen molar-refractivity contribution in [2.24, 2.45) is 0 Å². The molecule has 0 unspecified atom stereocenters. The average molecular weight is 282 g/mol. The Labute approximate surface area is 118 Å². The molecule has 1 heterocycles. The highest BCUT2D eigenvalue weighted by Crippen LogP contribution is 2.29. The maximum Gasteiger partial charge on any atom is 0.163 e. The van der Waals surface area contributed by atoms with E-state index in [1.54, 1.807) is 6.92 Å². The van der Waals surface area contributed by atoms with Gasteiger partial charge in [0.1, 0.15) is 0 Å². The van der Waals surface area contributed by atoms with Gasteiger partial charge in [0.15, 0.2) is 9.84 Å². The summed E-state index contributed by atoms with van der Waals surface area (Å²) in [6.07, 6.45) is 8.86. The molecule has 0 radical (unpaired) electrons. The van der Waals surface area contributed by atoms with Crippen LogP contribution in [0.1, 0.15) is 53.9 Å². The molecule has 2 atom stereocenters. The van der Waals surface area contributed by atoms with Crippen molar-refractivity contribution in [2.45, 2.75) is 64.4 Å². The van der Waals surface area contributed by atoms with Gasteiger partial charge in [-0.2, -0.15) is 0 Å². The second-order valence-corrected chi connectivity index (χ2v) is 8.29. The summed E-state index contributed by atoms with van der Waals surface area (Å²) in [5.74, 6) is 0. The van der Waals surface area contributed by atoms with Crippen LogP contribution < -0.4 is 0 Å². The van der Waals surface area contributed by atoms with E-state index in [-0.39, 0.29) is 10.5 Å². The number of hydrogen-bond acceptors (Lipinski definition) is 2. The molecule has 19 heavy (non-hydrogen) atoms. The fourth-order valence-electron chi connectivity index (χ4n) is 2.41. The Morgan fingerprint density at radius 2 is 1.89 bits per heavy atom. The molecule has 1 rings (SSSR count). The first-order valence-electron chi connectivity index (χ1n) is 6.95. The molecule has 2 nitrogen and oxygen atoms in total. The SMILES string of the molecule is CC(C)=CCC/C(C)=C/C[C@@H]1C(C)=C[C@H](C)S1(=O)=O. The Bertz CT molecular complexity index is 503. The van der Waals surface area contributed by atoms with E-state index in [4.69, 9.17) is 0 Å². The lowest BCUT2D eigenvalue weighted by molar-refractivity contribution is 0.586. The molecule has 0 saturated carbocycles. The van der Waals surface area contributed by atoms with Crippen molar-refractivity contribution in [1.82, 2.24) is 0 Å². The quantitative estimate of drug-likeness (QED) is 0.708. The minimum Gasteiger partial charge on any atom is -0.228 e. The van der Waals surface area contributed by atoms with Gasteiger partial charge in [0.05, 0.1) is 10.5 Å². The van der Waals surface area contributed by atoms with Crippen LogP contribution in [0.4, 0.5) is 0 Å². The molecule has 0 aromatic rings. The summed E-state index contributed by atoms with van der Waals surface area (Å²) in [4.78, 5) is 0. The molecule has 0 saturated heterocycles. The van der Waals surface area contributed by atoms with E-state index in [9.17, 15) is 8.42 Å². The molecule has 0 bridgehead atoms. The van der Waals surface area contributed by atoms with Crippen LogP contribution in [0.5, 0.6) is 0 Å². The molecular formula is C16H26O2S. The number of sulfone groups is 1. The summed E-state index contributed by atoms with van der Waals surface area (Å²) in [6.45, 7) is 9.98. The van der Waals surface area contributed by atoms with Gasteiger partial charge in [0.25, 0.3) is 0 Å². The summed E-state index contributed by atoms with van der Waals surface area (Å²) >= 11 is 0. The molecule has 108 valence electrons. The smallest absolute Gasteiger partial charge is 0.163 e. The van der Waals surface area contributed by atoms with Crippen LogP contribution in [-0.2, 0) is 9.84 Å². The lowest BCUT2D eigenvalue weighted by atomic mass is 10.1. The lowest BCUT2D eigenvalue weighted by Gasteiger charge is -2.12. The Morgan fingerprint density at radius 3 is 2.37 bits per heavy atom. The van der Waals surface area contributed by atoms with Gasteiger partial charge in [0, 0.05) is 0 Å². The lowest BCUT2D eigenvalue weighted by Crippen LogP contribution is -2.23. The van der Waals surface area contributed by atoms with Crippen molar-refractivity contribution in [1.29, 1.82) is 0 Å². The normalized spacial score (nSPS) is 26.2. The van der Waals surface area contributed by atoms with Gasteiger partial charge in [-0.15, -0.1) is 0 Å². The molecule has 0 spiro atoms. The maximum absolute atomic E-state index is 12.1. The standard InChI is InChI=1S/C16H26O2S/c1-12(2)7-6-8-13(3)9-10-16-14(4)11-15(5)19(16,17)18/h7,9,11,15-16H,6,8,10H2,1-5H3/b13-9+/t15-,16+/m0/s1. The molecule has 0 aromatic heterocycles. The molecule has 0 amide bonds. The third-order valence-corrected chi connectivity index (χ3v) is 6.22. The van der Waals surface area contributed by atoms with Crippen molar-refractivity contribution in [3.63, 3.8) is 0 Å². The molecule has 0 N–H and O–H groups in total. The van der Waals surface area contributed by atoms with Crippen LogP contribution in [-0.4, -0.2) is 18.9 Å². The topological polar surface area (TPSA) is 34.1 Å². The average Bonchev–Trinajstić information content (AvgIpc) is 2.46. The summed E-state index contributed by atoms with van der Waals surface area (Å²) in [6, 6.07) is 0. The first-order valence-corrected chi connectivity index (χ1v) is 8.56. The van der Waals surface area contributed by atoms with E-state index in [2.05, 4.69) is 32.9 Å². The minimum atomic E-state index is -2.99. The summed E-state index contributed by atoms with van der Waals surface area (Å²) in [5, 5.41) is -0.627. The van der Waals surface area contributed by atoms with Crippen molar-refractivity contribution in [2.75, 3.05) is 0 Å². The highest BCUT2D eigenvalue weighted by molar-refractivity contribution is 7.93. The fraction of sp³-hybridized carbons (Fsp3) is 0.625. The van der Waals surface area contributed by atoms with Gasteiger partial charge < -0.3 is 0 Å². The van der Waals surface area contributed by atoms with E-state index in [0.717, 1.165) is 18.4 Å². The molecule has 3 heteroatoms. The van der Waals surface area contributed by atoms with E-state index in [1.165, 1.54) is 11.1 Å². The fourth-order valence-corrected chi connectivity index (χ4v) is 4.29. The van der Waals surface area contributed by atoms with Crippen LogP contribution in [0.3, 0.4) is 0 Å². The molecule has 1 aliphatic rings. The predicted molar refractivity (Wildman–Crippen MR) is 83.0 cm³/mol. The summed E-state index contributed by atoms with van der Waals surface area (Å²) in [7, 11) is -2.99. The van der Waals surface area contributed by atoms with Crippen LogP contribution >= 0.6 is 0 Å². The molecular weight excluding hydrogens is 256 g/mol. The van der Waals surface area contributed by atoms with Crippen molar-refractivity contribution in [3.05, 3.63) is 34.9 Å². The maximum atomic E-state index is 12.1. The zero-order valence-corrected chi connectivity index (χ0v) is 13.5. The van der Waals surface area contributed by atoms with Gasteiger partial charge in [-0.25, -0.2) is 8.42 Å². The first-order chi connectivity index (χ1) is 8.75. The Balaban J connectivity index is 2.61. The first kappa shape index (κ1) is 16.2. The Morgan fingerprint density at radius 1 is 1.26 bits per heavy atom. The number of rotatable bonds is 5. The Kier molecular flexibility index (Phi) is 5.60. The zero-order chi connectivity index (χ0) is 14.6. The van der Waals surface area contributed by atoms with Crippen molar-refractivity contribution < 1.29 is 8.42 Å². The van der Waals surface area contributed by atoms with Gasteiger partial charge in [-0.05, 0) is 53.9 Å². The van der Waals surface area contributed by atoms with E-state index < -0.39 is 9.84 Å². The van der Waals surface area contributed by atoms with Crippen LogP contribution in [0.2, 0.25) is 0 Å². The highest BCUT2D eigenvalue weighted by Gasteiger charge is 2.36. The third-order valence-electron chi connectivity index (χ3n) is 3.69. The second-order valence-electron chi connectivity index (χ2n) is 5.80. The van der Waals surface area contributed by atoms with E-state index >= 15 is 0 Å². The number of allylic oxidation sites excluding steroid dienone is 4.